The third-order valence-corrected chi connectivity index (χ3v) is 2.99. The van der Waals surface area contributed by atoms with Crippen LogP contribution < -0.4 is 10.1 Å². The molecular weight excluding hydrogens is 244 g/mol. The van der Waals surface area contributed by atoms with Gasteiger partial charge in [-0.05, 0) is 12.1 Å². The maximum absolute atomic E-state index is 12.0. The van der Waals surface area contributed by atoms with Gasteiger partial charge in [-0.15, -0.1) is 0 Å². The van der Waals surface area contributed by atoms with E-state index in [1.165, 1.54) is 18.5 Å². The standard InChI is InChI=1S/C14H12N2O3/c17-10-5-9(6-15-7-10)14(18)16-12-8-19-13-4-2-1-3-11(12)13/h1-7,12,17H,8H2,(H,16,18). The number of hydrogen-bond donors (Lipinski definition) is 2. The van der Waals surface area contributed by atoms with Crippen molar-refractivity contribution in [1.82, 2.24) is 10.3 Å². The van der Waals surface area contributed by atoms with Crippen LogP contribution in [0.1, 0.15) is 22.0 Å². The lowest BCUT2D eigenvalue weighted by molar-refractivity contribution is 0.0929. The fourth-order valence-electron chi connectivity index (χ4n) is 2.08. The number of ether oxygens (including phenoxy) is 1. The summed E-state index contributed by atoms with van der Waals surface area (Å²) < 4.78 is 5.49. The van der Waals surface area contributed by atoms with E-state index >= 15 is 0 Å². The number of rotatable bonds is 2. The van der Waals surface area contributed by atoms with Gasteiger partial charge in [-0.3, -0.25) is 9.78 Å². The first kappa shape index (κ1) is 11.5. The van der Waals surface area contributed by atoms with E-state index < -0.39 is 0 Å². The highest BCUT2D eigenvalue weighted by molar-refractivity contribution is 5.94. The zero-order chi connectivity index (χ0) is 13.2. The van der Waals surface area contributed by atoms with Gasteiger partial charge in [-0.2, -0.15) is 0 Å². The van der Waals surface area contributed by atoms with Crippen LogP contribution in [0.4, 0.5) is 0 Å². The summed E-state index contributed by atoms with van der Waals surface area (Å²) >= 11 is 0. The third kappa shape index (κ3) is 2.22. The molecule has 0 aliphatic carbocycles. The molecule has 1 aromatic heterocycles. The molecule has 1 atom stereocenters. The molecule has 0 saturated carbocycles. The van der Waals surface area contributed by atoms with Crippen LogP contribution in [0.15, 0.2) is 42.7 Å². The van der Waals surface area contributed by atoms with Crippen LogP contribution >= 0.6 is 0 Å². The van der Waals surface area contributed by atoms with E-state index in [1.807, 2.05) is 24.3 Å². The minimum atomic E-state index is -0.284. The van der Waals surface area contributed by atoms with Gasteiger partial charge in [0.25, 0.3) is 5.91 Å². The van der Waals surface area contributed by atoms with Crippen molar-refractivity contribution >= 4 is 5.91 Å². The van der Waals surface area contributed by atoms with E-state index in [0.717, 1.165) is 11.3 Å². The molecule has 1 aliphatic heterocycles. The van der Waals surface area contributed by atoms with E-state index in [9.17, 15) is 9.90 Å². The smallest absolute Gasteiger partial charge is 0.253 e. The lowest BCUT2D eigenvalue weighted by atomic mass is 10.1. The fourth-order valence-corrected chi connectivity index (χ4v) is 2.08. The predicted octanol–water partition coefficient (Wildman–Crippen LogP) is 1.65. The maximum Gasteiger partial charge on any atom is 0.253 e. The van der Waals surface area contributed by atoms with E-state index in [2.05, 4.69) is 10.3 Å². The summed E-state index contributed by atoms with van der Waals surface area (Å²) in [5.41, 5.74) is 1.29. The Kier molecular flexibility index (Phi) is 2.79. The Morgan fingerprint density at radius 3 is 3.05 bits per heavy atom. The highest BCUT2D eigenvalue weighted by Gasteiger charge is 2.25. The van der Waals surface area contributed by atoms with Crippen LogP contribution in [-0.2, 0) is 0 Å². The number of amides is 1. The summed E-state index contributed by atoms with van der Waals surface area (Å²) in [6.07, 6.45) is 2.70. The van der Waals surface area contributed by atoms with Crippen molar-refractivity contribution < 1.29 is 14.6 Å². The van der Waals surface area contributed by atoms with Crippen molar-refractivity contribution in [2.45, 2.75) is 6.04 Å². The number of para-hydroxylation sites is 1. The second-order valence-electron chi connectivity index (χ2n) is 4.31. The summed E-state index contributed by atoms with van der Waals surface area (Å²) in [4.78, 5) is 15.8. The summed E-state index contributed by atoms with van der Waals surface area (Å²) in [5, 5.41) is 12.2. The Morgan fingerprint density at radius 2 is 2.21 bits per heavy atom. The average molecular weight is 256 g/mol. The number of hydrogen-bond acceptors (Lipinski definition) is 4. The van der Waals surface area contributed by atoms with Crippen molar-refractivity contribution in [2.75, 3.05) is 6.61 Å². The van der Waals surface area contributed by atoms with Crippen molar-refractivity contribution in [2.24, 2.45) is 0 Å². The topological polar surface area (TPSA) is 71.5 Å². The van der Waals surface area contributed by atoms with E-state index in [1.54, 1.807) is 0 Å². The van der Waals surface area contributed by atoms with Crippen molar-refractivity contribution in [3.63, 3.8) is 0 Å². The molecular formula is C14H12N2O3. The molecule has 0 saturated heterocycles. The van der Waals surface area contributed by atoms with Gasteiger partial charge in [0, 0.05) is 11.8 Å². The zero-order valence-corrected chi connectivity index (χ0v) is 10.0. The van der Waals surface area contributed by atoms with Gasteiger partial charge in [-0.1, -0.05) is 18.2 Å². The molecule has 1 aromatic carbocycles. The van der Waals surface area contributed by atoms with Gasteiger partial charge in [0.1, 0.15) is 18.1 Å². The number of fused-ring (bicyclic) bond motifs is 1. The second-order valence-corrected chi connectivity index (χ2v) is 4.31. The van der Waals surface area contributed by atoms with Crippen molar-refractivity contribution in [3.05, 3.63) is 53.9 Å². The molecule has 2 aromatic rings. The van der Waals surface area contributed by atoms with Crippen LogP contribution in [0.25, 0.3) is 0 Å². The largest absolute Gasteiger partial charge is 0.506 e. The zero-order valence-electron chi connectivity index (χ0n) is 10.0. The molecule has 0 fully saturated rings. The minimum absolute atomic E-state index is 0.0317. The lowest BCUT2D eigenvalue weighted by Crippen LogP contribution is -2.29. The number of nitrogens with zero attached hydrogens (tertiary/aromatic N) is 1. The molecule has 2 heterocycles. The number of nitrogens with one attached hydrogen (secondary N) is 1. The third-order valence-electron chi connectivity index (χ3n) is 2.99. The number of aromatic hydroxyl groups is 1. The number of benzene rings is 1. The van der Waals surface area contributed by atoms with Gasteiger partial charge in [0.2, 0.25) is 0 Å². The summed E-state index contributed by atoms with van der Waals surface area (Å²) in [6, 6.07) is 8.80. The number of aromatic nitrogens is 1. The second kappa shape index (κ2) is 4.61. The van der Waals surface area contributed by atoms with Gasteiger partial charge in [0.05, 0.1) is 17.8 Å². The van der Waals surface area contributed by atoms with Crippen LogP contribution in [-0.4, -0.2) is 22.6 Å². The van der Waals surface area contributed by atoms with Crippen molar-refractivity contribution in [1.29, 1.82) is 0 Å². The van der Waals surface area contributed by atoms with Crippen LogP contribution in [0.2, 0.25) is 0 Å². The van der Waals surface area contributed by atoms with Gasteiger partial charge >= 0.3 is 0 Å². The molecule has 19 heavy (non-hydrogen) atoms. The molecule has 1 unspecified atom stereocenters. The van der Waals surface area contributed by atoms with Gasteiger partial charge in [0.15, 0.2) is 0 Å². The van der Waals surface area contributed by atoms with Gasteiger partial charge in [-0.25, -0.2) is 0 Å². The monoisotopic (exact) mass is 256 g/mol. The molecule has 2 N–H and O–H groups in total. The molecule has 5 nitrogen and oxygen atoms in total. The van der Waals surface area contributed by atoms with Crippen molar-refractivity contribution in [3.8, 4) is 11.5 Å². The van der Waals surface area contributed by atoms with E-state index in [-0.39, 0.29) is 17.7 Å². The summed E-state index contributed by atoms with van der Waals surface area (Å²) in [5.74, 6) is 0.478. The van der Waals surface area contributed by atoms with E-state index in [4.69, 9.17) is 4.74 Å². The Morgan fingerprint density at radius 1 is 1.37 bits per heavy atom. The van der Waals surface area contributed by atoms with Crippen LogP contribution in [0.3, 0.4) is 0 Å². The number of carbonyl (C=O) groups is 1. The number of pyridine rings is 1. The fraction of sp³-hybridized carbons (Fsp3) is 0.143. The van der Waals surface area contributed by atoms with E-state index in [0.29, 0.717) is 12.2 Å². The normalized spacial score (nSPS) is 16.5. The maximum atomic E-state index is 12.0. The average Bonchev–Trinajstić information content (AvgIpc) is 2.82. The summed E-state index contributed by atoms with van der Waals surface area (Å²) in [6.45, 7) is 0.414. The predicted molar refractivity (Wildman–Crippen MR) is 68.0 cm³/mol. The molecule has 96 valence electrons. The van der Waals surface area contributed by atoms with Gasteiger partial charge < -0.3 is 15.2 Å². The molecule has 1 aliphatic rings. The SMILES string of the molecule is O=C(NC1COc2ccccc21)c1cncc(O)c1. The van der Waals surface area contributed by atoms with Crippen LogP contribution in [0, 0.1) is 0 Å². The number of carbonyl (C=O) groups excluding carboxylic acids is 1. The van der Waals surface area contributed by atoms with Crippen LogP contribution in [0.5, 0.6) is 11.5 Å². The first-order chi connectivity index (χ1) is 9.24. The minimum Gasteiger partial charge on any atom is -0.506 e. The molecule has 0 radical (unpaired) electrons. The quantitative estimate of drug-likeness (QED) is 0.857. The molecule has 0 spiro atoms. The Bertz CT molecular complexity index is 628. The molecule has 3 rings (SSSR count). The first-order valence-electron chi connectivity index (χ1n) is 5.90. The molecule has 0 bridgehead atoms. The summed E-state index contributed by atoms with van der Waals surface area (Å²) in [7, 11) is 0. The Balaban J connectivity index is 1.78. The highest BCUT2D eigenvalue weighted by atomic mass is 16.5. The lowest BCUT2D eigenvalue weighted by Gasteiger charge is -2.11. The first-order valence-corrected chi connectivity index (χ1v) is 5.90. The Hall–Kier alpha value is -2.56. The highest BCUT2D eigenvalue weighted by Crippen LogP contribution is 2.31. The Labute approximate surface area is 109 Å². The molecule has 1 amide bonds. The molecule has 5 heteroatoms.